The summed E-state index contributed by atoms with van der Waals surface area (Å²) in [5.41, 5.74) is 0.956. The zero-order chi connectivity index (χ0) is 11.5. The average molecular weight is 221 g/mol. The fraction of sp³-hybridized carbons (Fsp3) is 0.300. The summed E-state index contributed by atoms with van der Waals surface area (Å²) in [5, 5.41) is 13.1. The molecule has 1 N–H and O–H groups in total. The van der Waals surface area contributed by atoms with E-state index in [1.165, 1.54) is 12.1 Å². The van der Waals surface area contributed by atoms with Crippen LogP contribution >= 0.6 is 0 Å². The molecule has 1 fully saturated rings. The van der Waals surface area contributed by atoms with Gasteiger partial charge in [0.2, 0.25) is 0 Å². The second-order valence-corrected chi connectivity index (χ2v) is 3.58. The minimum absolute atomic E-state index is 0.0645. The van der Waals surface area contributed by atoms with Crippen molar-refractivity contribution in [1.29, 1.82) is 0 Å². The second-order valence-electron chi connectivity index (χ2n) is 3.58. The number of hydrogen-bond donors (Lipinski definition) is 1. The normalized spacial score (nSPS) is 15.0. The number of urea groups is 1. The van der Waals surface area contributed by atoms with Crippen LogP contribution in [0.2, 0.25) is 0 Å². The molecule has 0 spiro atoms. The van der Waals surface area contributed by atoms with Crippen molar-refractivity contribution in [1.82, 2.24) is 10.2 Å². The Balaban J connectivity index is 2.05. The quantitative estimate of drug-likeness (QED) is 0.613. The lowest BCUT2D eigenvalue weighted by atomic mass is 10.2. The van der Waals surface area contributed by atoms with Gasteiger partial charge < -0.3 is 10.2 Å². The van der Waals surface area contributed by atoms with Crippen LogP contribution in [0.5, 0.6) is 0 Å². The van der Waals surface area contributed by atoms with E-state index in [2.05, 4.69) is 5.32 Å². The highest BCUT2D eigenvalue weighted by atomic mass is 16.6. The van der Waals surface area contributed by atoms with E-state index in [0.717, 1.165) is 5.56 Å². The summed E-state index contributed by atoms with van der Waals surface area (Å²) in [5.74, 6) is 0. The number of amides is 2. The number of nitrogens with one attached hydrogen (secondary N) is 1. The number of non-ortho nitro benzene ring substituents is 1. The van der Waals surface area contributed by atoms with E-state index in [-0.39, 0.29) is 11.7 Å². The molecule has 0 aromatic heterocycles. The molecule has 0 unspecified atom stereocenters. The predicted octanol–water partition coefficient (Wildman–Crippen LogP) is 1.12. The molecular weight excluding hydrogens is 210 g/mol. The van der Waals surface area contributed by atoms with Crippen molar-refractivity contribution in [2.75, 3.05) is 13.1 Å². The molecular formula is C10H11N3O3. The van der Waals surface area contributed by atoms with Crippen LogP contribution < -0.4 is 5.32 Å². The molecule has 0 saturated carbocycles. The standard InChI is InChI=1S/C10H11N3O3/c14-10-11-5-6-12(10)7-8-1-3-9(4-2-8)13(15)16/h1-4H,5-7H2,(H,11,14). The third-order valence-electron chi connectivity index (χ3n) is 2.47. The summed E-state index contributed by atoms with van der Waals surface area (Å²) in [7, 11) is 0. The molecule has 0 atom stereocenters. The number of carbonyl (C=O) groups excluding carboxylic acids is 1. The monoisotopic (exact) mass is 221 g/mol. The van der Waals surface area contributed by atoms with Crippen LogP contribution in [0.4, 0.5) is 10.5 Å². The number of nitrogens with zero attached hydrogens (tertiary/aromatic N) is 2. The van der Waals surface area contributed by atoms with Crippen LogP contribution in [0.15, 0.2) is 24.3 Å². The lowest BCUT2D eigenvalue weighted by Crippen LogP contribution is -2.27. The molecule has 0 bridgehead atoms. The fourth-order valence-corrected chi connectivity index (χ4v) is 1.61. The van der Waals surface area contributed by atoms with E-state index < -0.39 is 4.92 Å². The highest BCUT2D eigenvalue weighted by Gasteiger charge is 2.19. The molecule has 1 saturated heterocycles. The SMILES string of the molecule is O=C1NCCN1Cc1ccc([N+](=O)[O-])cc1. The fourth-order valence-electron chi connectivity index (χ4n) is 1.61. The largest absolute Gasteiger partial charge is 0.336 e. The topological polar surface area (TPSA) is 75.5 Å². The van der Waals surface area contributed by atoms with E-state index in [1.54, 1.807) is 17.0 Å². The Labute approximate surface area is 92.0 Å². The van der Waals surface area contributed by atoms with Gasteiger partial charge in [0.25, 0.3) is 5.69 Å². The first-order valence-electron chi connectivity index (χ1n) is 4.93. The Hall–Kier alpha value is -2.11. The predicted molar refractivity (Wildman–Crippen MR) is 56.9 cm³/mol. The lowest BCUT2D eigenvalue weighted by Gasteiger charge is -2.13. The average Bonchev–Trinajstić information content (AvgIpc) is 2.65. The Kier molecular flexibility index (Phi) is 2.72. The van der Waals surface area contributed by atoms with Crippen molar-refractivity contribution in [2.45, 2.75) is 6.54 Å². The number of rotatable bonds is 3. The number of benzene rings is 1. The molecule has 0 aliphatic carbocycles. The molecule has 0 radical (unpaired) electrons. The second kappa shape index (κ2) is 4.18. The molecule has 2 rings (SSSR count). The molecule has 1 heterocycles. The zero-order valence-electron chi connectivity index (χ0n) is 8.55. The molecule has 1 aliphatic heterocycles. The summed E-state index contributed by atoms with van der Waals surface area (Å²) in [6.45, 7) is 1.82. The van der Waals surface area contributed by atoms with Gasteiger partial charge in [-0.15, -0.1) is 0 Å². The van der Waals surface area contributed by atoms with Crippen LogP contribution in [-0.4, -0.2) is 28.9 Å². The lowest BCUT2D eigenvalue weighted by molar-refractivity contribution is -0.384. The van der Waals surface area contributed by atoms with Crippen molar-refractivity contribution in [3.8, 4) is 0 Å². The first-order chi connectivity index (χ1) is 7.66. The highest BCUT2D eigenvalue weighted by molar-refractivity contribution is 5.76. The summed E-state index contributed by atoms with van der Waals surface area (Å²) < 4.78 is 0. The smallest absolute Gasteiger partial charge is 0.317 e. The Morgan fingerprint density at radius 1 is 1.38 bits per heavy atom. The Morgan fingerprint density at radius 3 is 2.56 bits per heavy atom. The van der Waals surface area contributed by atoms with Crippen molar-refractivity contribution in [2.24, 2.45) is 0 Å². The van der Waals surface area contributed by atoms with Crippen molar-refractivity contribution >= 4 is 11.7 Å². The molecule has 1 aliphatic rings. The molecule has 16 heavy (non-hydrogen) atoms. The summed E-state index contributed by atoms with van der Waals surface area (Å²) in [6.07, 6.45) is 0. The third kappa shape index (κ3) is 2.10. The molecule has 2 amide bonds. The summed E-state index contributed by atoms with van der Waals surface area (Å²) in [4.78, 5) is 22.9. The van der Waals surface area contributed by atoms with Crippen LogP contribution in [0.1, 0.15) is 5.56 Å². The van der Waals surface area contributed by atoms with Gasteiger partial charge in [-0.2, -0.15) is 0 Å². The van der Waals surface area contributed by atoms with E-state index in [1.807, 2.05) is 0 Å². The van der Waals surface area contributed by atoms with Gasteiger partial charge in [-0.1, -0.05) is 12.1 Å². The van der Waals surface area contributed by atoms with Gasteiger partial charge in [-0.05, 0) is 5.56 Å². The summed E-state index contributed by atoms with van der Waals surface area (Å²) in [6, 6.07) is 6.15. The Morgan fingerprint density at radius 2 is 2.06 bits per heavy atom. The zero-order valence-corrected chi connectivity index (χ0v) is 8.55. The first-order valence-corrected chi connectivity index (χ1v) is 4.93. The number of nitro groups is 1. The van der Waals surface area contributed by atoms with Gasteiger partial charge in [-0.25, -0.2) is 4.79 Å². The third-order valence-corrected chi connectivity index (χ3v) is 2.47. The maximum atomic E-state index is 11.3. The van der Waals surface area contributed by atoms with Crippen LogP contribution in [0.3, 0.4) is 0 Å². The molecule has 84 valence electrons. The van der Waals surface area contributed by atoms with Gasteiger partial charge in [0.15, 0.2) is 0 Å². The molecule has 1 aromatic rings. The number of hydrogen-bond acceptors (Lipinski definition) is 3. The minimum Gasteiger partial charge on any atom is -0.336 e. The van der Waals surface area contributed by atoms with Gasteiger partial charge in [-0.3, -0.25) is 10.1 Å². The molecule has 1 aromatic carbocycles. The Bertz CT molecular complexity index is 416. The minimum atomic E-state index is -0.438. The van der Waals surface area contributed by atoms with Crippen molar-refractivity contribution in [3.63, 3.8) is 0 Å². The van der Waals surface area contributed by atoms with Gasteiger partial charge in [0.1, 0.15) is 0 Å². The maximum Gasteiger partial charge on any atom is 0.317 e. The van der Waals surface area contributed by atoms with Crippen LogP contribution in [0, 0.1) is 10.1 Å². The van der Waals surface area contributed by atoms with E-state index in [9.17, 15) is 14.9 Å². The van der Waals surface area contributed by atoms with Gasteiger partial charge in [0.05, 0.1) is 4.92 Å². The number of nitro benzene ring substituents is 1. The van der Waals surface area contributed by atoms with E-state index in [4.69, 9.17) is 0 Å². The number of carbonyl (C=O) groups is 1. The van der Waals surface area contributed by atoms with E-state index in [0.29, 0.717) is 19.6 Å². The van der Waals surface area contributed by atoms with E-state index >= 15 is 0 Å². The van der Waals surface area contributed by atoms with Crippen LogP contribution in [-0.2, 0) is 6.54 Å². The maximum absolute atomic E-state index is 11.3. The molecule has 6 heteroatoms. The van der Waals surface area contributed by atoms with Crippen molar-refractivity contribution < 1.29 is 9.72 Å². The van der Waals surface area contributed by atoms with Gasteiger partial charge >= 0.3 is 6.03 Å². The van der Waals surface area contributed by atoms with Crippen molar-refractivity contribution in [3.05, 3.63) is 39.9 Å². The molecule has 6 nitrogen and oxygen atoms in total. The first kappa shape index (κ1) is 10.4. The summed E-state index contributed by atoms with van der Waals surface area (Å²) >= 11 is 0. The van der Waals surface area contributed by atoms with Gasteiger partial charge in [0, 0.05) is 31.8 Å². The highest BCUT2D eigenvalue weighted by Crippen LogP contribution is 2.14. The van der Waals surface area contributed by atoms with Crippen LogP contribution in [0.25, 0.3) is 0 Å².